The van der Waals surface area contributed by atoms with Gasteiger partial charge in [-0.3, -0.25) is 14.4 Å². The highest BCUT2D eigenvalue weighted by Gasteiger charge is 2.56. The van der Waals surface area contributed by atoms with Crippen molar-refractivity contribution in [3.8, 4) is 0 Å². The maximum absolute atomic E-state index is 14.3. The van der Waals surface area contributed by atoms with Gasteiger partial charge >= 0.3 is 5.97 Å². The van der Waals surface area contributed by atoms with Crippen molar-refractivity contribution in [1.29, 1.82) is 0 Å². The van der Waals surface area contributed by atoms with E-state index in [1.54, 1.807) is 21.0 Å². The van der Waals surface area contributed by atoms with E-state index < -0.39 is 83.9 Å². The van der Waals surface area contributed by atoms with Crippen LogP contribution in [0.25, 0.3) is 0 Å². The van der Waals surface area contributed by atoms with Crippen LogP contribution in [0.3, 0.4) is 0 Å². The summed E-state index contributed by atoms with van der Waals surface area (Å²) in [5, 5.41) is 34.1. The van der Waals surface area contributed by atoms with Crippen molar-refractivity contribution in [2.75, 3.05) is 27.9 Å². The van der Waals surface area contributed by atoms with Crippen LogP contribution in [0.4, 0.5) is 0 Å². The normalized spacial score (nSPS) is 41.6. The first-order chi connectivity index (χ1) is 26.5. The Bertz CT molecular complexity index is 1430. The number of piperidine rings is 1. The summed E-state index contributed by atoms with van der Waals surface area (Å²) >= 11 is 0. The highest BCUT2D eigenvalue weighted by molar-refractivity contribution is 6.39. The first-order valence-electron chi connectivity index (χ1n) is 20.8. The van der Waals surface area contributed by atoms with Crippen LogP contribution >= 0.6 is 0 Å². The zero-order valence-electron chi connectivity index (χ0n) is 35.1. The molecule has 1 aliphatic carbocycles. The molecular formula is C43H69NO12. The fourth-order valence-electron chi connectivity index (χ4n) is 9.39. The summed E-state index contributed by atoms with van der Waals surface area (Å²) in [6.07, 6.45) is 3.72. The van der Waals surface area contributed by atoms with Gasteiger partial charge in [0.15, 0.2) is 0 Å². The molecule has 0 radical (unpaired) electrons. The van der Waals surface area contributed by atoms with Crippen LogP contribution in [0, 0.1) is 29.6 Å². The lowest BCUT2D eigenvalue weighted by atomic mass is 9.81. The molecule has 318 valence electrons. The highest BCUT2D eigenvalue weighted by atomic mass is 16.7. The standard InChI is InChI=1S/C43H69NO12/c1-10-30-18-24(2)17-25(3)19-36(53-8)39-37(54-9)21-27(5)43(51,56-39)40(48)41(49)44-16-12-11-13-31(44)42(50)55-38(28(6)33(46)23-34(30)47)26(4)20-29-14-15-32(45)35(22-29)52-7/h18,20,25,27-33,35-39,45-46,51H,10-17,19,21-23H2,1-9H3/b24-18-,26-20+/t25-,27+,28+,29+,30-,31-,32-,33-,35-,36+,37+,38+,39+,43+/m0/s1. The topological polar surface area (TPSA) is 178 Å². The minimum absolute atomic E-state index is 0.000914. The molecule has 0 aromatic carbocycles. The van der Waals surface area contributed by atoms with Gasteiger partial charge in [-0.2, -0.15) is 0 Å². The van der Waals surface area contributed by atoms with Crippen molar-refractivity contribution >= 4 is 23.4 Å². The quantitative estimate of drug-likeness (QED) is 0.196. The number of carbonyl (C=O) groups excluding carboxylic acids is 4. The van der Waals surface area contributed by atoms with E-state index in [0.717, 1.165) is 5.57 Å². The number of hydrogen-bond acceptors (Lipinski definition) is 12. The molecular weight excluding hydrogens is 722 g/mol. The van der Waals surface area contributed by atoms with Crippen LogP contribution in [-0.2, 0) is 42.9 Å². The number of cyclic esters (lactones) is 1. The average Bonchev–Trinajstić information content (AvgIpc) is 3.18. The predicted molar refractivity (Wildman–Crippen MR) is 208 cm³/mol. The van der Waals surface area contributed by atoms with Gasteiger partial charge in [-0.1, -0.05) is 45.4 Å². The molecule has 3 heterocycles. The van der Waals surface area contributed by atoms with Crippen LogP contribution in [0.2, 0.25) is 0 Å². The lowest BCUT2D eigenvalue weighted by Crippen LogP contribution is -2.64. The Kier molecular flexibility index (Phi) is 16.9. The Morgan fingerprint density at radius 2 is 1.57 bits per heavy atom. The number of allylic oxidation sites excluding steroid dienone is 3. The maximum atomic E-state index is 14.3. The van der Waals surface area contributed by atoms with Gasteiger partial charge in [0.05, 0.1) is 30.5 Å². The number of aliphatic hydroxyl groups is 3. The van der Waals surface area contributed by atoms with Crippen molar-refractivity contribution in [3.05, 3.63) is 23.3 Å². The van der Waals surface area contributed by atoms with E-state index in [4.69, 9.17) is 23.7 Å². The van der Waals surface area contributed by atoms with Crippen LogP contribution in [0.5, 0.6) is 0 Å². The number of methoxy groups -OCH3 is 3. The SMILES string of the molecule is CC[C@H]1/C=C(/C)C[C@H](C)C[C@@H](OC)[C@H]2O[C@@](O)(C(=O)C(=O)N3CCCC[C@H]3C(=O)O[C@H](/C(C)=C/[C@H]3CC[C@H](O)[C@@H](OC)C3)[C@H](C)[C@@H](O)CC1=O)[C@H](C)C[C@H]2OC. The summed E-state index contributed by atoms with van der Waals surface area (Å²) in [7, 11) is 4.63. The lowest BCUT2D eigenvalue weighted by molar-refractivity contribution is -0.302. The number of fused-ring (bicyclic) bond motifs is 3. The van der Waals surface area contributed by atoms with Crippen LogP contribution < -0.4 is 0 Å². The monoisotopic (exact) mass is 791 g/mol. The molecule has 0 aromatic rings. The number of aliphatic hydroxyl groups excluding tert-OH is 2. The summed E-state index contributed by atoms with van der Waals surface area (Å²) in [6.45, 7) is 11.3. The van der Waals surface area contributed by atoms with Crippen molar-refractivity contribution < 1.29 is 58.2 Å². The number of esters is 1. The van der Waals surface area contributed by atoms with Crippen molar-refractivity contribution in [3.63, 3.8) is 0 Å². The molecule has 13 nitrogen and oxygen atoms in total. The Labute approximate surface area is 333 Å². The molecule has 3 aliphatic heterocycles. The molecule has 2 bridgehead atoms. The van der Waals surface area contributed by atoms with Gasteiger partial charge in [0, 0.05) is 52.0 Å². The first-order valence-corrected chi connectivity index (χ1v) is 20.8. The molecule has 3 fully saturated rings. The van der Waals surface area contributed by atoms with Gasteiger partial charge in [0.25, 0.3) is 11.7 Å². The summed E-state index contributed by atoms with van der Waals surface area (Å²) in [4.78, 5) is 57.6. The Hall–Kier alpha value is -2.52. The van der Waals surface area contributed by atoms with Gasteiger partial charge in [0.2, 0.25) is 5.79 Å². The van der Waals surface area contributed by atoms with E-state index in [1.807, 2.05) is 32.9 Å². The third-order valence-electron chi connectivity index (χ3n) is 12.9. The van der Waals surface area contributed by atoms with Crippen LogP contribution in [-0.4, -0.2) is 126 Å². The maximum Gasteiger partial charge on any atom is 0.329 e. The summed E-state index contributed by atoms with van der Waals surface area (Å²) < 4.78 is 29.7. The molecule has 4 aliphatic rings. The van der Waals surface area contributed by atoms with Crippen LogP contribution in [0.15, 0.2) is 23.3 Å². The first kappa shape index (κ1) is 46.2. The second-order valence-corrected chi connectivity index (χ2v) is 17.2. The van der Waals surface area contributed by atoms with Gasteiger partial charge in [-0.05, 0) is 95.5 Å². The van der Waals surface area contributed by atoms with Crippen molar-refractivity contribution in [2.24, 2.45) is 29.6 Å². The zero-order valence-corrected chi connectivity index (χ0v) is 35.1. The molecule has 13 heteroatoms. The van der Waals surface area contributed by atoms with E-state index in [9.17, 15) is 34.5 Å². The summed E-state index contributed by atoms with van der Waals surface area (Å²) in [5.41, 5.74) is 1.66. The number of ether oxygens (including phenoxy) is 5. The van der Waals surface area contributed by atoms with E-state index in [2.05, 4.69) is 6.92 Å². The summed E-state index contributed by atoms with van der Waals surface area (Å²) in [6, 6.07) is -1.13. The number of hydrogen-bond donors (Lipinski definition) is 3. The second kappa shape index (κ2) is 20.4. The lowest BCUT2D eigenvalue weighted by Gasteiger charge is -2.47. The van der Waals surface area contributed by atoms with E-state index in [0.29, 0.717) is 56.9 Å². The number of rotatable bonds is 6. The van der Waals surface area contributed by atoms with Gasteiger partial charge < -0.3 is 43.9 Å². The largest absolute Gasteiger partial charge is 0.456 e. The van der Waals surface area contributed by atoms with Crippen molar-refractivity contribution in [2.45, 2.75) is 167 Å². The number of amides is 1. The van der Waals surface area contributed by atoms with Crippen molar-refractivity contribution in [1.82, 2.24) is 4.90 Å². The van der Waals surface area contributed by atoms with Gasteiger partial charge in [-0.25, -0.2) is 4.79 Å². The molecule has 0 unspecified atom stereocenters. The zero-order chi connectivity index (χ0) is 41.5. The van der Waals surface area contributed by atoms with E-state index in [1.165, 1.54) is 19.1 Å². The summed E-state index contributed by atoms with van der Waals surface area (Å²) in [5.74, 6) is -7.50. The fraction of sp³-hybridized carbons (Fsp3) is 0.814. The Morgan fingerprint density at radius 1 is 0.911 bits per heavy atom. The predicted octanol–water partition coefficient (Wildman–Crippen LogP) is 4.47. The minimum Gasteiger partial charge on any atom is -0.456 e. The highest BCUT2D eigenvalue weighted by Crippen LogP contribution is 2.39. The number of carbonyl (C=O) groups is 4. The molecule has 4 rings (SSSR count). The number of Topliss-reactive ketones (excluding diaryl/α,β-unsaturated/α-hetero) is 2. The molecule has 3 N–H and O–H groups in total. The second-order valence-electron chi connectivity index (χ2n) is 17.2. The van der Waals surface area contributed by atoms with E-state index in [-0.39, 0.29) is 49.5 Å². The molecule has 14 atom stereocenters. The number of ketones is 2. The smallest absolute Gasteiger partial charge is 0.329 e. The third kappa shape index (κ3) is 10.7. The molecule has 56 heavy (non-hydrogen) atoms. The van der Waals surface area contributed by atoms with Gasteiger partial charge in [-0.15, -0.1) is 0 Å². The average molecular weight is 792 g/mol. The number of nitrogens with zero attached hydrogens (tertiary/aromatic N) is 1. The van der Waals surface area contributed by atoms with E-state index >= 15 is 0 Å². The third-order valence-corrected chi connectivity index (χ3v) is 12.9. The minimum atomic E-state index is -2.50. The molecule has 1 amide bonds. The van der Waals surface area contributed by atoms with Gasteiger partial charge in [0.1, 0.15) is 24.0 Å². The molecule has 0 spiro atoms. The molecule has 1 saturated carbocycles. The molecule has 0 aromatic heterocycles. The van der Waals surface area contributed by atoms with Crippen LogP contribution in [0.1, 0.15) is 112 Å². The fourth-order valence-corrected chi connectivity index (χ4v) is 9.39. The Balaban J connectivity index is 1.76. The molecule has 2 saturated heterocycles. The Morgan fingerprint density at radius 3 is 2.21 bits per heavy atom.